The van der Waals surface area contributed by atoms with E-state index in [0.717, 1.165) is 0 Å². The number of sulfonamides is 1. The van der Waals surface area contributed by atoms with Crippen molar-refractivity contribution in [1.29, 1.82) is 0 Å². The highest BCUT2D eigenvalue weighted by Crippen LogP contribution is 2.16. The molecule has 0 spiro atoms. The van der Waals surface area contributed by atoms with Crippen molar-refractivity contribution in [1.82, 2.24) is 5.16 Å². The lowest BCUT2D eigenvalue weighted by atomic mass is 10.4. The van der Waals surface area contributed by atoms with Crippen LogP contribution in [0.1, 0.15) is 11.5 Å². The molecule has 0 unspecified atom stereocenters. The number of nitrogens with zero attached hydrogens (tertiary/aromatic N) is 1. The van der Waals surface area contributed by atoms with Crippen LogP contribution in [0.5, 0.6) is 0 Å². The molecular formula is C5H9ClN2O3S. The summed E-state index contributed by atoms with van der Waals surface area (Å²) in [4.78, 5) is -0.0162. The third-order valence-electron chi connectivity index (χ3n) is 1.25. The Morgan fingerprint density at radius 1 is 1.42 bits per heavy atom. The molecule has 2 N–H and O–H groups in total. The maximum atomic E-state index is 10.8. The van der Waals surface area contributed by atoms with E-state index in [9.17, 15) is 8.42 Å². The van der Waals surface area contributed by atoms with Gasteiger partial charge in [0.05, 0.1) is 0 Å². The number of rotatable bonds is 1. The molecule has 0 aromatic carbocycles. The third kappa shape index (κ3) is 1.96. The van der Waals surface area contributed by atoms with Gasteiger partial charge in [0.15, 0.2) is 5.76 Å². The molecule has 70 valence electrons. The van der Waals surface area contributed by atoms with Crippen molar-refractivity contribution in [2.24, 2.45) is 5.14 Å². The normalized spacial score (nSPS) is 10.9. The van der Waals surface area contributed by atoms with Crippen LogP contribution in [-0.4, -0.2) is 13.6 Å². The first kappa shape index (κ1) is 11.4. The molecule has 0 bridgehead atoms. The molecule has 1 aromatic heterocycles. The molecular weight excluding hydrogens is 204 g/mol. The number of halogens is 1. The second-order valence-electron chi connectivity index (χ2n) is 2.20. The number of primary sulfonamides is 1. The van der Waals surface area contributed by atoms with Crippen molar-refractivity contribution in [2.45, 2.75) is 18.7 Å². The molecule has 7 heteroatoms. The van der Waals surface area contributed by atoms with Gasteiger partial charge < -0.3 is 4.52 Å². The van der Waals surface area contributed by atoms with Crippen molar-refractivity contribution in [2.75, 3.05) is 0 Å². The van der Waals surface area contributed by atoms with Crippen molar-refractivity contribution in [3.63, 3.8) is 0 Å². The van der Waals surface area contributed by atoms with Crippen molar-refractivity contribution < 1.29 is 12.9 Å². The Balaban J connectivity index is 0.00000121. The zero-order valence-corrected chi connectivity index (χ0v) is 8.20. The second kappa shape index (κ2) is 3.42. The Kier molecular flexibility index (Phi) is 3.25. The van der Waals surface area contributed by atoms with Crippen LogP contribution in [-0.2, 0) is 10.0 Å². The summed E-state index contributed by atoms with van der Waals surface area (Å²) in [6.07, 6.45) is 0. The topological polar surface area (TPSA) is 86.2 Å². The summed E-state index contributed by atoms with van der Waals surface area (Å²) >= 11 is 0. The Labute approximate surface area is 76.4 Å². The molecule has 0 amide bonds. The summed E-state index contributed by atoms with van der Waals surface area (Å²) in [5.41, 5.74) is 0.296. The molecule has 1 rings (SSSR count). The van der Waals surface area contributed by atoms with Crippen LogP contribution >= 0.6 is 12.4 Å². The van der Waals surface area contributed by atoms with E-state index in [1.54, 1.807) is 0 Å². The standard InChI is InChI=1S/C5H8N2O3S.ClH/c1-3-5(11(6,8)9)4(2)10-7-3;/h1-2H3,(H2,6,8,9);1H. The first-order valence-corrected chi connectivity index (χ1v) is 4.43. The molecule has 5 nitrogen and oxygen atoms in total. The molecule has 0 radical (unpaired) electrons. The van der Waals surface area contributed by atoms with Crippen LogP contribution in [0, 0.1) is 13.8 Å². The fourth-order valence-electron chi connectivity index (χ4n) is 0.881. The number of nitrogens with two attached hydrogens (primary N) is 1. The molecule has 0 saturated heterocycles. The first-order valence-electron chi connectivity index (χ1n) is 2.88. The fourth-order valence-corrected chi connectivity index (χ4v) is 1.77. The molecule has 1 heterocycles. The lowest BCUT2D eigenvalue weighted by molar-refractivity contribution is 0.390. The summed E-state index contributed by atoms with van der Waals surface area (Å²) in [5, 5.41) is 8.32. The Morgan fingerprint density at radius 2 is 1.92 bits per heavy atom. The molecule has 0 atom stereocenters. The van der Waals surface area contributed by atoms with Crippen molar-refractivity contribution >= 4 is 22.4 Å². The largest absolute Gasteiger partial charge is 0.360 e. The van der Waals surface area contributed by atoms with Crippen LogP contribution in [0.15, 0.2) is 9.42 Å². The molecule has 0 aliphatic carbocycles. The van der Waals surface area contributed by atoms with E-state index in [1.807, 2.05) is 0 Å². The van der Waals surface area contributed by atoms with E-state index in [1.165, 1.54) is 13.8 Å². The SMILES string of the molecule is Cc1noc(C)c1S(N)(=O)=O.Cl. The molecule has 0 fully saturated rings. The van der Waals surface area contributed by atoms with Gasteiger partial charge in [-0.25, -0.2) is 13.6 Å². The number of hydrogen-bond acceptors (Lipinski definition) is 4. The number of hydrogen-bond donors (Lipinski definition) is 1. The maximum absolute atomic E-state index is 10.8. The predicted octanol–water partition coefficient (Wildman–Crippen LogP) is 0.361. The zero-order chi connectivity index (χ0) is 8.65. The van der Waals surface area contributed by atoms with Gasteiger partial charge >= 0.3 is 0 Å². The number of aryl methyl sites for hydroxylation is 2. The van der Waals surface area contributed by atoms with E-state index < -0.39 is 10.0 Å². The predicted molar refractivity (Wildman–Crippen MR) is 44.6 cm³/mol. The summed E-state index contributed by atoms with van der Waals surface area (Å²) in [7, 11) is -3.68. The smallest absolute Gasteiger partial charge is 0.243 e. The Morgan fingerprint density at radius 3 is 2.08 bits per heavy atom. The summed E-state index contributed by atoms with van der Waals surface area (Å²) < 4.78 is 26.2. The molecule has 0 saturated carbocycles. The Hall–Kier alpha value is -0.590. The quantitative estimate of drug-likeness (QED) is 0.728. The van der Waals surface area contributed by atoms with Gasteiger partial charge in [-0.15, -0.1) is 12.4 Å². The third-order valence-corrected chi connectivity index (χ3v) is 2.40. The molecule has 12 heavy (non-hydrogen) atoms. The van der Waals surface area contributed by atoms with Gasteiger partial charge in [-0.3, -0.25) is 0 Å². The minimum atomic E-state index is -3.68. The lowest BCUT2D eigenvalue weighted by Gasteiger charge is -1.92. The zero-order valence-electron chi connectivity index (χ0n) is 6.57. The highest BCUT2D eigenvalue weighted by atomic mass is 35.5. The minimum absolute atomic E-state index is 0. The summed E-state index contributed by atoms with van der Waals surface area (Å²) in [6.45, 7) is 3.02. The number of aromatic nitrogens is 1. The summed E-state index contributed by atoms with van der Waals surface area (Å²) in [6, 6.07) is 0. The van der Waals surface area contributed by atoms with Crippen LogP contribution in [0.3, 0.4) is 0 Å². The second-order valence-corrected chi connectivity index (χ2v) is 3.70. The fraction of sp³-hybridized carbons (Fsp3) is 0.400. The van der Waals surface area contributed by atoms with E-state index in [0.29, 0.717) is 5.69 Å². The lowest BCUT2D eigenvalue weighted by Crippen LogP contribution is -2.13. The van der Waals surface area contributed by atoms with Crippen LogP contribution in [0.4, 0.5) is 0 Å². The Bertz CT molecular complexity index is 351. The maximum Gasteiger partial charge on any atom is 0.243 e. The van der Waals surface area contributed by atoms with Crippen LogP contribution in [0.25, 0.3) is 0 Å². The van der Waals surface area contributed by atoms with Crippen LogP contribution in [0.2, 0.25) is 0 Å². The van der Waals surface area contributed by atoms with Crippen molar-refractivity contribution in [3.8, 4) is 0 Å². The average molecular weight is 213 g/mol. The van der Waals surface area contributed by atoms with E-state index in [4.69, 9.17) is 5.14 Å². The highest BCUT2D eigenvalue weighted by Gasteiger charge is 2.19. The molecule has 0 aliphatic rings. The van der Waals surface area contributed by atoms with E-state index in [-0.39, 0.29) is 23.1 Å². The van der Waals surface area contributed by atoms with E-state index in [2.05, 4.69) is 9.68 Å². The molecule has 0 aliphatic heterocycles. The van der Waals surface area contributed by atoms with Gasteiger partial charge in [0.1, 0.15) is 10.6 Å². The minimum Gasteiger partial charge on any atom is -0.360 e. The van der Waals surface area contributed by atoms with Gasteiger partial charge in [0.25, 0.3) is 0 Å². The van der Waals surface area contributed by atoms with Gasteiger partial charge in [0, 0.05) is 0 Å². The van der Waals surface area contributed by atoms with Gasteiger partial charge in [0.2, 0.25) is 10.0 Å². The van der Waals surface area contributed by atoms with Gasteiger partial charge in [-0.1, -0.05) is 5.16 Å². The van der Waals surface area contributed by atoms with Crippen LogP contribution < -0.4 is 5.14 Å². The summed E-state index contributed by atoms with van der Waals surface area (Å²) in [5.74, 6) is 0.227. The van der Waals surface area contributed by atoms with Gasteiger partial charge in [-0.05, 0) is 13.8 Å². The highest BCUT2D eigenvalue weighted by molar-refractivity contribution is 7.89. The average Bonchev–Trinajstić information content (AvgIpc) is 2.08. The van der Waals surface area contributed by atoms with Crippen molar-refractivity contribution in [3.05, 3.63) is 11.5 Å². The first-order chi connectivity index (χ1) is 4.93. The van der Waals surface area contributed by atoms with Gasteiger partial charge in [-0.2, -0.15) is 0 Å². The van der Waals surface area contributed by atoms with E-state index >= 15 is 0 Å². The monoisotopic (exact) mass is 212 g/mol. The molecule has 1 aromatic rings.